The van der Waals surface area contributed by atoms with E-state index in [9.17, 15) is 23.3 Å². The third-order valence-corrected chi connectivity index (χ3v) is 6.22. The number of non-ortho nitro benzene ring substituents is 1. The second-order valence-corrected chi connectivity index (χ2v) is 8.86. The summed E-state index contributed by atoms with van der Waals surface area (Å²) >= 11 is 0. The average Bonchev–Trinajstić information content (AvgIpc) is 2.96. The highest BCUT2D eigenvalue weighted by atomic mass is 32.2. The number of anilines is 2. The molecule has 0 saturated carbocycles. The number of benzene rings is 2. The number of hydrogen-bond donors (Lipinski definition) is 2. The van der Waals surface area contributed by atoms with Gasteiger partial charge in [0.25, 0.3) is 15.7 Å². The number of likely N-dealkylation sites (tertiary alicyclic amines) is 1. The summed E-state index contributed by atoms with van der Waals surface area (Å²) in [6, 6.07) is 11.0. The molecule has 2 aromatic rings. The van der Waals surface area contributed by atoms with Crippen LogP contribution in [0.5, 0.6) is 0 Å². The van der Waals surface area contributed by atoms with Crippen molar-refractivity contribution >= 4 is 33.0 Å². The Morgan fingerprint density at radius 3 is 2.27 bits per heavy atom. The van der Waals surface area contributed by atoms with Gasteiger partial charge in [0, 0.05) is 17.8 Å². The molecule has 3 rings (SSSR count). The van der Waals surface area contributed by atoms with E-state index >= 15 is 0 Å². The number of nitro benzene ring substituents is 1. The minimum absolute atomic E-state index is 0.0938. The van der Waals surface area contributed by atoms with Gasteiger partial charge in [-0.2, -0.15) is 0 Å². The topological polar surface area (TPSA) is 122 Å². The SMILES string of the molecule is O=C(CN1CCCCCC1)Nc1cccc(NS(=O)(=O)c2ccc([N+](=O)[O-])cc2)c1. The maximum atomic E-state index is 12.5. The molecule has 1 fully saturated rings. The number of nitro groups is 1. The molecule has 160 valence electrons. The van der Waals surface area contributed by atoms with Gasteiger partial charge in [-0.25, -0.2) is 8.42 Å². The first-order chi connectivity index (χ1) is 14.3. The van der Waals surface area contributed by atoms with Crippen molar-refractivity contribution < 1.29 is 18.1 Å². The van der Waals surface area contributed by atoms with E-state index in [0.29, 0.717) is 12.2 Å². The van der Waals surface area contributed by atoms with Crippen molar-refractivity contribution in [3.63, 3.8) is 0 Å². The number of nitrogens with one attached hydrogen (secondary N) is 2. The standard InChI is InChI=1S/C20H24N4O5S/c25-20(15-23-12-3-1-2-4-13-23)21-16-6-5-7-17(14-16)22-30(28,29)19-10-8-18(9-11-19)24(26)27/h5-11,14,22H,1-4,12-13,15H2,(H,21,25). The molecule has 0 bridgehead atoms. The Bertz CT molecular complexity index is 1000. The van der Waals surface area contributed by atoms with Crippen molar-refractivity contribution in [2.24, 2.45) is 0 Å². The van der Waals surface area contributed by atoms with Crippen molar-refractivity contribution in [2.75, 3.05) is 29.7 Å². The monoisotopic (exact) mass is 432 g/mol. The molecular formula is C20H24N4O5S. The third-order valence-electron chi connectivity index (χ3n) is 4.82. The Labute approximate surface area is 175 Å². The van der Waals surface area contributed by atoms with Crippen LogP contribution in [0.15, 0.2) is 53.4 Å². The quantitative estimate of drug-likeness (QED) is 0.512. The summed E-state index contributed by atoms with van der Waals surface area (Å²) in [5.41, 5.74) is 0.572. The molecule has 1 saturated heterocycles. The van der Waals surface area contributed by atoms with Crippen LogP contribution >= 0.6 is 0 Å². The summed E-state index contributed by atoms with van der Waals surface area (Å²) in [7, 11) is -3.92. The molecule has 9 nitrogen and oxygen atoms in total. The summed E-state index contributed by atoms with van der Waals surface area (Å²) in [5.74, 6) is -0.146. The van der Waals surface area contributed by atoms with Crippen LogP contribution < -0.4 is 10.0 Å². The van der Waals surface area contributed by atoms with Crippen LogP contribution in [0.3, 0.4) is 0 Å². The van der Waals surface area contributed by atoms with Gasteiger partial charge in [-0.1, -0.05) is 18.9 Å². The highest BCUT2D eigenvalue weighted by Gasteiger charge is 2.17. The lowest BCUT2D eigenvalue weighted by molar-refractivity contribution is -0.384. The van der Waals surface area contributed by atoms with Crippen molar-refractivity contribution in [1.29, 1.82) is 0 Å². The van der Waals surface area contributed by atoms with E-state index in [0.717, 1.165) is 38.1 Å². The van der Waals surface area contributed by atoms with Crippen molar-refractivity contribution in [2.45, 2.75) is 30.6 Å². The highest BCUT2D eigenvalue weighted by Crippen LogP contribution is 2.21. The van der Waals surface area contributed by atoms with Crippen LogP contribution in [0, 0.1) is 10.1 Å². The molecule has 0 unspecified atom stereocenters. The number of carbonyl (C=O) groups excluding carboxylic acids is 1. The second-order valence-electron chi connectivity index (χ2n) is 7.18. The fourth-order valence-corrected chi connectivity index (χ4v) is 4.37. The van der Waals surface area contributed by atoms with Gasteiger partial charge in [-0.3, -0.25) is 24.5 Å². The van der Waals surface area contributed by atoms with E-state index in [1.807, 2.05) is 0 Å². The van der Waals surface area contributed by atoms with Crippen LogP contribution in [0.4, 0.5) is 17.1 Å². The summed E-state index contributed by atoms with van der Waals surface area (Å²) < 4.78 is 27.5. The Morgan fingerprint density at radius 1 is 1.00 bits per heavy atom. The second kappa shape index (κ2) is 9.68. The smallest absolute Gasteiger partial charge is 0.269 e. The lowest BCUT2D eigenvalue weighted by Crippen LogP contribution is -2.33. The van der Waals surface area contributed by atoms with E-state index in [1.165, 1.54) is 31.0 Å². The Morgan fingerprint density at radius 2 is 1.63 bits per heavy atom. The zero-order chi connectivity index (χ0) is 21.6. The Hall–Kier alpha value is -2.98. The predicted octanol–water partition coefficient (Wildman–Crippen LogP) is 3.21. The van der Waals surface area contributed by atoms with Crippen molar-refractivity contribution in [1.82, 2.24) is 4.90 Å². The predicted molar refractivity (Wildman–Crippen MR) is 114 cm³/mol. The minimum atomic E-state index is -3.92. The number of hydrogen-bond acceptors (Lipinski definition) is 6. The fraction of sp³-hybridized carbons (Fsp3) is 0.350. The zero-order valence-electron chi connectivity index (χ0n) is 16.4. The third kappa shape index (κ3) is 6.01. The van der Waals surface area contributed by atoms with E-state index in [1.54, 1.807) is 18.2 Å². The lowest BCUT2D eigenvalue weighted by Gasteiger charge is -2.19. The van der Waals surface area contributed by atoms with E-state index < -0.39 is 14.9 Å². The first kappa shape index (κ1) is 21.7. The van der Waals surface area contributed by atoms with Crippen LogP contribution in [-0.2, 0) is 14.8 Å². The average molecular weight is 433 g/mol. The minimum Gasteiger partial charge on any atom is -0.325 e. The number of amides is 1. The van der Waals surface area contributed by atoms with Gasteiger partial charge in [0.2, 0.25) is 5.91 Å². The molecule has 2 aromatic carbocycles. The van der Waals surface area contributed by atoms with Crippen LogP contribution in [0.1, 0.15) is 25.7 Å². The number of carbonyl (C=O) groups is 1. The molecule has 2 N–H and O–H groups in total. The molecule has 0 aliphatic carbocycles. The molecule has 30 heavy (non-hydrogen) atoms. The van der Waals surface area contributed by atoms with Crippen LogP contribution in [-0.4, -0.2) is 43.8 Å². The Kier molecular flexibility index (Phi) is 7.01. The van der Waals surface area contributed by atoms with Gasteiger partial charge in [0.1, 0.15) is 0 Å². The molecule has 0 atom stereocenters. The largest absolute Gasteiger partial charge is 0.325 e. The van der Waals surface area contributed by atoms with Gasteiger partial charge < -0.3 is 5.32 Å². The van der Waals surface area contributed by atoms with Gasteiger partial charge in [0.05, 0.1) is 22.1 Å². The summed E-state index contributed by atoms with van der Waals surface area (Å²) in [6.07, 6.45) is 4.56. The first-order valence-corrected chi connectivity index (χ1v) is 11.2. The van der Waals surface area contributed by atoms with Gasteiger partial charge in [0.15, 0.2) is 0 Å². The summed E-state index contributed by atoms with van der Waals surface area (Å²) in [5, 5.41) is 13.5. The van der Waals surface area contributed by atoms with E-state index in [-0.39, 0.29) is 22.2 Å². The molecule has 1 heterocycles. The first-order valence-electron chi connectivity index (χ1n) is 9.73. The molecule has 0 aromatic heterocycles. The molecule has 0 spiro atoms. The molecule has 10 heteroatoms. The summed E-state index contributed by atoms with van der Waals surface area (Å²) in [6.45, 7) is 2.11. The number of sulfonamides is 1. The lowest BCUT2D eigenvalue weighted by atomic mass is 10.2. The van der Waals surface area contributed by atoms with Crippen LogP contribution in [0.25, 0.3) is 0 Å². The molecule has 0 radical (unpaired) electrons. The van der Waals surface area contributed by atoms with Crippen molar-refractivity contribution in [3.8, 4) is 0 Å². The number of rotatable bonds is 7. The van der Waals surface area contributed by atoms with Gasteiger partial charge >= 0.3 is 0 Å². The maximum absolute atomic E-state index is 12.5. The molecule has 1 aliphatic heterocycles. The van der Waals surface area contributed by atoms with Crippen LogP contribution in [0.2, 0.25) is 0 Å². The summed E-state index contributed by atoms with van der Waals surface area (Å²) in [4.78, 5) is 24.5. The number of nitrogens with zero attached hydrogens (tertiary/aromatic N) is 2. The van der Waals surface area contributed by atoms with Gasteiger partial charge in [-0.05, 0) is 56.3 Å². The van der Waals surface area contributed by atoms with Crippen molar-refractivity contribution in [3.05, 3.63) is 58.6 Å². The maximum Gasteiger partial charge on any atom is 0.269 e. The van der Waals surface area contributed by atoms with E-state index in [2.05, 4.69) is 14.9 Å². The Balaban J connectivity index is 1.64. The zero-order valence-corrected chi connectivity index (χ0v) is 17.2. The fourth-order valence-electron chi connectivity index (χ4n) is 3.32. The molecule has 1 amide bonds. The highest BCUT2D eigenvalue weighted by molar-refractivity contribution is 7.92. The van der Waals surface area contributed by atoms with E-state index in [4.69, 9.17) is 0 Å². The normalized spacial score (nSPS) is 15.2. The molecule has 1 aliphatic rings. The van der Waals surface area contributed by atoms with Gasteiger partial charge in [-0.15, -0.1) is 0 Å². The molecular weight excluding hydrogens is 408 g/mol.